The van der Waals surface area contributed by atoms with E-state index < -0.39 is 0 Å². The highest BCUT2D eigenvalue weighted by atomic mass is 14.2. The third kappa shape index (κ3) is 3.34. The summed E-state index contributed by atoms with van der Waals surface area (Å²) in [5, 5.41) is 0. The molecule has 13 heavy (non-hydrogen) atoms. The van der Waals surface area contributed by atoms with Crippen molar-refractivity contribution in [3.63, 3.8) is 0 Å². The molecule has 0 heterocycles. The molecule has 1 radical (unpaired) electrons. The van der Waals surface area contributed by atoms with Crippen LogP contribution in [0.4, 0.5) is 0 Å². The Morgan fingerprint density at radius 2 is 1.69 bits per heavy atom. The second kappa shape index (κ2) is 3.66. The van der Waals surface area contributed by atoms with Gasteiger partial charge in [-0.05, 0) is 36.0 Å². The SMILES string of the molecule is [C]#Cc1ccc(CC(C)(C)C)cc1. The third-order valence-electron chi connectivity index (χ3n) is 1.83. The molecule has 0 saturated heterocycles. The van der Waals surface area contributed by atoms with Gasteiger partial charge in [0.25, 0.3) is 0 Å². The average molecular weight is 171 g/mol. The zero-order valence-corrected chi connectivity index (χ0v) is 8.52. The Labute approximate surface area is 81.0 Å². The molecule has 0 saturated carbocycles. The van der Waals surface area contributed by atoms with Gasteiger partial charge in [0.15, 0.2) is 0 Å². The topological polar surface area (TPSA) is 0 Å². The van der Waals surface area contributed by atoms with Gasteiger partial charge in [0.1, 0.15) is 0 Å². The van der Waals surface area contributed by atoms with E-state index in [9.17, 15) is 0 Å². The number of rotatable bonds is 1. The lowest BCUT2D eigenvalue weighted by Gasteiger charge is -2.17. The highest BCUT2D eigenvalue weighted by Crippen LogP contribution is 2.20. The molecule has 0 atom stereocenters. The van der Waals surface area contributed by atoms with Crippen LogP contribution in [-0.2, 0) is 6.42 Å². The largest absolute Gasteiger partial charge is 0.0599 e. The molecule has 0 heteroatoms. The van der Waals surface area contributed by atoms with E-state index in [4.69, 9.17) is 6.42 Å². The fraction of sp³-hybridized carbons (Fsp3) is 0.385. The minimum absolute atomic E-state index is 0.329. The minimum Gasteiger partial charge on any atom is -0.0599 e. The maximum Gasteiger partial charge on any atom is 0.0255 e. The van der Waals surface area contributed by atoms with Gasteiger partial charge >= 0.3 is 0 Å². The Kier molecular flexibility index (Phi) is 2.78. The molecule has 0 aromatic heterocycles. The zero-order valence-electron chi connectivity index (χ0n) is 8.52. The Balaban J connectivity index is 2.77. The summed E-state index contributed by atoms with van der Waals surface area (Å²) < 4.78 is 0. The molecular weight excluding hydrogens is 156 g/mol. The molecule has 0 aliphatic heterocycles. The van der Waals surface area contributed by atoms with Crippen molar-refractivity contribution in [2.45, 2.75) is 27.2 Å². The minimum atomic E-state index is 0.329. The normalized spacial score (nSPS) is 10.9. The third-order valence-corrected chi connectivity index (χ3v) is 1.83. The second-order valence-electron chi connectivity index (χ2n) is 4.56. The molecule has 67 valence electrons. The van der Waals surface area contributed by atoms with Crippen molar-refractivity contribution in [2.75, 3.05) is 0 Å². The molecule has 0 N–H and O–H groups in total. The number of hydrogen-bond acceptors (Lipinski definition) is 0. The van der Waals surface area contributed by atoms with E-state index in [1.165, 1.54) is 5.56 Å². The Hall–Kier alpha value is -1.22. The fourth-order valence-corrected chi connectivity index (χ4v) is 1.32. The maximum atomic E-state index is 6.94. The van der Waals surface area contributed by atoms with Gasteiger partial charge in [0.2, 0.25) is 0 Å². The molecule has 1 rings (SSSR count). The summed E-state index contributed by atoms with van der Waals surface area (Å²) >= 11 is 0. The van der Waals surface area contributed by atoms with E-state index in [0.717, 1.165) is 12.0 Å². The molecule has 1 aromatic carbocycles. The lowest BCUT2D eigenvalue weighted by atomic mass is 9.88. The lowest BCUT2D eigenvalue weighted by Crippen LogP contribution is -2.08. The quantitative estimate of drug-likeness (QED) is 0.569. The molecule has 0 nitrogen and oxygen atoms in total. The van der Waals surface area contributed by atoms with Crippen LogP contribution in [0.3, 0.4) is 0 Å². The first kappa shape index (κ1) is 9.86. The van der Waals surface area contributed by atoms with Gasteiger partial charge < -0.3 is 0 Å². The van der Waals surface area contributed by atoms with Gasteiger partial charge in [-0.3, -0.25) is 0 Å². The first-order valence-electron chi connectivity index (χ1n) is 4.53. The summed E-state index contributed by atoms with van der Waals surface area (Å²) in [5.74, 6) is 2.37. The lowest BCUT2D eigenvalue weighted by molar-refractivity contribution is 0.411. The van der Waals surface area contributed by atoms with E-state index in [-0.39, 0.29) is 0 Å². The van der Waals surface area contributed by atoms with Crippen molar-refractivity contribution in [3.8, 4) is 5.92 Å². The number of hydrogen-bond donors (Lipinski definition) is 0. The standard InChI is InChI=1S/C13H15/c1-5-11-6-8-12(9-7-11)10-13(2,3)4/h6-9H,10H2,2-4H3. The van der Waals surface area contributed by atoms with E-state index in [0.29, 0.717) is 5.41 Å². The first-order valence-corrected chi connectivity index (χ1v) is 4.53. The first-order chi connectivity index (χ1) is 6.01. The summed E-state index contributed by atoms with van der Waals surface area (Å²) in [4.78, 5) is 0. The van der Waals surface area contributed by atoms with Crippen molar-refractivity contribution in [3.05, 3.63) is 41.8 Å². The summed E-state index contributed by atoms with van der Waals surface area (Å²) in [5.41, 5.74) is 2.50. The van der Waals surface area contributed by atoms with Crippen LogP contribution in [0.5, 0.6) is 0 Å². The molecule has 0 aliphatic rings. The van der Waals surface area contributed by atoms with Gasteiger partial charge in [-0.1, -0.05) is 38.8 Å². The fourth-order valence-electron chi connectivity index (χ4n) is 1.32. The summed E-state index contributed by atoms with van der Waals surface area (Å²) in [6, 6.07) is 8.02. The molecule has 0 bridgehead atoms. The van der Waals surface area contributed by atoms with Crippen LogP contribution in [0.25, 0.3) is 0 Å². The summed E-state index contributed by atoms with van der Waals surface area (Å²) in [6.45, 7) is 6.68. The van der Waals surface area contributed by atoms with Gasteiger partial charge in [-0.15, -0.1) is 0 Å². The average Bonchev–Trinajstić information content (AvgIpc) is 2.03. The smallest absolute Gasteiger partial charge is 0.0255 e. The Morgan fingerprint density at radius 1 is 1.15 bits per heavy atom. The van der Waals surface area contributed by atoms with Crippen molar-refractivity contribution in [2.24, 2.45) is 5.41 Å². The zero-order chi connectivity index (χ0) is 9.90. The van der Waals surface area contributed by atoms with Crippen LogP contribution in [0, 0.1) is 17.8 Å². The highest BCUT2D eigenvalue weighted by Gasteiger charge is 2.10. The number of benzene rings is 1. The van der Waals surface area contributed by atoms with Gasteiger partial charge in [0.05, 0.1) is 0 Å². The van der Waals surface area contributed by atoms with E-state index in [2.05, 4.69) is 38.8 Å². The van der Waals surface area contributed by atoms with Crippen LogP contribution in [-0.4, -0.2) is 0 Å². The van der Waals surface area contributed by atoms with Crippen molar-refractivity contribution in [1.29, 1.82) is 0 Å². The summed E-state index contributed by atoms with van der Waals surface area (Å²) in [6.07, 6.45) is 8.02. The monoisotopic (exact) mass is 171 g/mol. The van der Waals surface area contributed by atoms with Crippen molar-refractivity contribution < 1.29 is 0 Å². The molecule has 1 aromatic rings. The second-order valence-corrected chi connectivity index (χ2v) is 4.56. The molecular formula is C13H15. The van der Waals surface area contributed by atoms with E-state index in [1.807, 2.05) is 12.1 Å². The summed E-state index contributed by atoms with van der Waals surface area (Å²) in [7, 11) is 0. The van der Waals surface area contributed by atoms with Crippen LogP contribution < -0.4 is 0 Å². The Morgan fingerprint density at radius 3 is 2.08 bits per heavy atom. The van der Waals surface area contributed by atoms with E-state index in [1.54, 1.807) is 0 Å². The molecule has 0 aliphatic carbocycles. The van der Waals surface area contributed by atoms with Crippen molar-refractivity contribution in [1.82, 2.24) is 0 Å². The Bertz CT molecular complexity index is 303. The van der Waals surface area contributed by atoms with Crippen LogP contribution in [0.15, 0.2) is 24.3 Å². The predicted octanol–water partition coefficient (Wildman–Crippen LogP) is 3.21. The van der Waals surface area contributed by atoms with Gasteiger partial charge in [-0.25, -0.2) is 0 Å². The predicted molar refractivity (Wildman–Crippen MR) is 55.8 cm³/mol. The van der Waals surface area contributed by atoms with E-state index >= 15 is 0 Å². The highest BCUT2D eigenvalue weighted by molar-refractivity contribution is 5.33. The van der Waals surface area contributed by atoms with Crippen molar-refractivity contribution >= 4 is 0 Å². The van der Waals surface area contributed by atoms with Crippen LogP contribution >= 0.6 is 0 Å². The molecule has 0 unspecified atom stereocenters. The maximum absolute atomic E-state index is 6.94. The van der Waals surface area contributed by atoms with Gasteiger partial charge in [0, 0.05) is 5.56 Å². The van der Waals surface area contributed by atoms with Crippen LogP contribution in [0.1, 0.15) is 31.9 Å². The molecule has 0 fully saturated rings. The molecule has 0 spiro atoms. The van der Waals surface area contributed by atoms with Crippen LogP contribution in [0.2, 0.25) is 0 Å². The van der Waals surface area contributed by atoms with Gasteiger partial charge in [-0.2, -0.15) is 0 Å². The molecule has 0 amide bonds.